The summed E-state index contributed by atoms with van der Waals surface area (Å²) >= 11 is 3.68. The lowest BCUT2D eigenvalue weighted by atomic mass is 9.94. The molecule has 1 aromatic carbocycles. The largest absolute Gasteiger partial charge is 0.347 e. The van der Waals surface area contributed by atoms with Crippen molar-refractivity contribution in [2.24, 2.45) is 0 Å². The minimum Gasteiger partial charge on any atom is -0.347 e. The molecule has 1 aliphatic heterocycles. The minimum atomic E-state index is 0.606. The summed E-state index contributed by atoms with van der Waals surface area (Å²) in [5.41, 5.74) is 4.48. The number of benzene rings is 1. The number of nitrogens with zero attached hydrogens (tertiary/aromatic N) is 1. The van der Waals surface area contributed by atoms with Crippen LogP contribution in [0.2, 0.25) is 0 Å². The molecule has 0 saturated heterocycles. The first-order valence-electron chi connectivity index (χ1n) is 7.20. The smallest absolute Gasteiger partial charge is 0.0516 e. The molecule has 0 bridgehead atoms. The molecule has 102 valence electrons. The number of nitrogens with one attached hydrogen (secondary N) is 1. The molecule has 0 fully saturated rings. The Labute approximate surface area is 123 Å². The van der Waals surface area contributed by atoms with Crippen molar-refractivity contribution in [3.63, 3.8) is 0 Å². The molecule has 2 heterocycles. The van der Waals surface area contributed by atoms with E-state index in [2.05, 4.69) is 51.1 Å². The summed E-state index contributed by atoms with van der Waals surface area (Å²) in [4.78, 5) is 0. The summed E-state index contributed by atoms with van der Waals surface area (Å²) in [6.07, 6.45) is 6.05. The van der Waals surface area contributed by atoms with E-state index < -0.39 is 0 Å². The standard InChI is InChI=1S/C16H21BrN2/c1-3-11(9-18-2)15-10-19-6-4-5-12-7-13(17)8-14(15)16(12)19/h7-8,10-11,18H,3-6,9H2,1-2H3. The molecule has 0 radical (unpaired) electrons. The molecular formula is C16H21BrN2. The SMILES string of the molecule is CCC(CNC)c1cn2c3c(cc(Br)cc13)CCC2. The van der Waals surface area contributed by atoms with Gasteiger partial charge in [0.05, 0.1) is 5.52 Å². The van der Waals surface area contributed by atoms with Gasteiger partial charge in [0.2, 0.25) is 0 Å². The molecule has 2 aromatic rings. The molecule has 19 heavy (non-hydrogen) atoms. The maximum Gasteiger partial charge on any atom is 0.0516 e. The Bertz CT molecular complexity index is 600. The monoisotopic (exact) mass is 320 g/mol. The first kappa shape index (κ1) is 13.2. The number of aromatic nitrogens is 1. The molecule has 0 amide bonds. The van der Waals surface area contributed by atoms with Gasteiger partial charge in [0.25, 0.3) is 0 Å². The summed E-state index contributed by atoms with van der Waals surface area (Å²) < 4.78 is 3.68. The molecule has 1 atom stereocenters. The van der Waals surface area contributed by atoms with E-state index in [0.29, 0.717) is 5.92 Å². The van der Waals surface area contributed by atoms with E-state index in [9.17, 15) is 0 Å². The number of halogens is 1. The second kappa shape index (κ2) is 5.29. The zero-order valence-electron chi connectivity index (χ0n) is 11.7. The van der Waals surface area contributed by atoms with Gasteiger partial charge >= 0.3 is 0 Å². The third kappa shape index (κ3) is 2.23. The predicted octanol–water partition coefficient (Wildman–Crippen LogP) is 4.06. The van der Waals surface area contributed by atoms with Crippen molar-refractivity contribution in [1.29, 1.82) is 0 Å². The molecule has 1 aliphatic rings. The summed E-state index contributed by atoms with van der Waals surface area (Å²) in [6, 6.07) is 4.59. The van der Waals surface area contributed by atoms with Crippen molar-refractivity contribution >= 4 is 26.8 Å². The highest BCUT2D eigenvalue weighted by molar-refractivity contribution is 9.10. The van der Waals surface area contributed by atoms with Crippen LogP contribution in [-0.2, 0) is 13.0 Å². The van der Waals surface area contributed by atoms with Crippen molar-refractivity contribution in [3.8, 4) is 0 Å². The van der Waals surface area contributed by atoms with Gasteiger partial charge < -0.3 is 9.88 Å². The van der Waals surface area contributed by atoms with Crippen molar-refractivity contribution in [3.05, 3.63) is 33.9 Å². The normalized spacial score (nSPS) is 15.9. The third-order valence-electron chi connectivity index (χ3n) is 4.28. The molecule has 3 rings (SSSR count). The average Bonchev–Trinajstić information content (AvgIpc) is 2.76. The van der Waals surface area contributed by atoms with E-state index in [0.717, 1.165) is 6.54 Å². The van der Waals surface area contributed by atoms with Crippen LogP contribution in [0.4, 0.5) is 0 Å². The van der Waals surface area contributed by atoms with Gasteiger partial charge in [0, 0.05) is 29.1 Å². The van der Waals surface area contributed by atoms with E-state index in [1.54, 1.807) is 0 Å². The van der Waals surface area contributed by atoms with Crippen LogP contribution in [0.5, 0.6) is 0 Å². The Kier molecular flexibility index (Phi) is 3.68. The maximum absolute atomic E-state index is 3.68. The van der Waals surface area contributed by atoms with Crippen molar-refractivity contribution in [2.75, 3.05) is 13.6 Å². The van der Waals surface area contributed by atoms with Gasteiger partial charge in [-0.15, -0.1) is 0 Å². The number of rotatable bonds is 4. The van der Waals surface area contributed by atoms with Crippen LogP contribution in [0.1, 0.15) is 36.8 Å². The van der Waals surface area contributed by atoms with Crippen molar-refractivity contribution in [2.45, 2.75) is 38.6 Å². The Balaban J connectivity index is 2.21. The van der Waals surface area contributed by atoms with Gasteiger partial charge in [-0.05, 0) is 55.5 Å². The van der Waals surface area contributed by atoms with Crippen LogP contribution in [0.3, 0.4) is 0 Å². The minimum absolute atomic E-state index is 0.606. The molecule has 1 aromatic heterocycles. The quantitative estimate of drug-likeness (QED) is 0.898. The lowest BCUT2D eigenvalue weighted by molar-refractivity contribution is 0.603. The molecule has 2 nitrogen and oxygen atoms in total. The van der Waals surface area contributed by atoms with Crippen LogP contribution in [0.15, 0.2) is 22.8 Å². The van der Waals surface area contributed by atoms with Gasteiger partial charge in [-0.2, -0.15) is 0 Å². The van der Waals surface area contributed by atoms with E-state index in [4.69, 9.17) is 0 Å². The zero-order valence-corrected chi connectivity index (χ0v) is 13.3. The summed E-state index contributed by atoms with van der Waals surface area (Å²) in [5, 5.41) is 4.78. The van der Waals surface area contributed by atoms with Crippen LogP contribution in [-0.4, -0.2) is 18.2 Å². The predicted molar refractivity (Wildman–Crippen MR) is 84.9 cm³/mol. The highest BCUT2D eigenvalue weighted by Crippen LogP contribution is 2.36. The Morgan fingerprint density at radius 2 is 2.26 bits per heavy atom. The fourth-order valence-corrected chi connectivity index (χ4v) is 3.87. The number of hydrogen-bond acceptors (Lipinski definition) is 1. The lowest BCUT2D eigenvalue weighted by Crippen LogP contribution is -2.16. The second-order valence-electron chi connectivity index (χ2n) is 5.51. The molecule has 0 aliphatic carbocycles. The van der Waals surface area contributed by atoms with Crippen molar-refractivity contribution in [1.82, 2.24) is 9.88 Å². The van der Waals surface area contributed by atoms with E-state index in [1.807, 2.05) is 7.05 Å². The fourth-order valence-electron chi connectivity index (χ4n) is 3.37. The summed E-state index contributed by atoms with van der Waals surface area (Å²) in [6.45, 7) is 4.50. The molecule has 1 N–H and O–H groups in total. The zero-order chi connectivity index (χ0) is 13.4. The van der Waals surface area contributed by atoms with Crippen LogP contribution < -0.4 is 5.32 Å². The molecule has 3 heteroatoms. The molecular weight excluding hydrogens is 300 g/mol. The lowest BCUT2D eigenvalue weighted by Gasteiger charge is -2.16. The van der Waals surface area contributed by atoms with Gasteiger partial charge in [0.15, 0.2) is 0 Å². The Morgan fingerprint density at radius 1 is 1.42 bits per heavy atom. The topological polar surface area (TPSA) is 17.0 Å². The highest BCUT2D eigenvalue weighted by Gasteiger charge is 2.20. The Morgan fingerprint density at radius 3 is 3.00 bits per heavy atom. The number of aryl methyl sites for hydroxylation is 2. The van der Waals surface area contributed by atoms with Crippen molar-refractivity contribution < 1.29 is 0 Å². The first-order chi connectivity index (χ1) is 9.24. The fraction of sp³-hybridized carbons (Fsp3) is 0.500. The molecule has 0 saturated carbocycles. The molecule has 0 spiro atoms. The second-order valence-corrected chi connectivity index (χ2v) is 6.42. The van der Waals surface area contributed by atoms with Gasteiger partial charge in [0.1, 0.15) is 0 Å². The summed E-state index contributed by atoms with van der Waals surface area (Å²) in [5.74, 6) is 0.606. The average molecular weight is 321 g/mol. The van der Waals surface area contributed by atoms with E-state index in [1.165, 1.54) is 52.3 Å². The van der Waals surface area contributed by atoms with Crippen LogP contribution in [0.25, 0.3) is 10.9 Å². The molecule has 1 unspecified atom stereocenters. The third-order valence-corrected chi connectivity index (χ3v) is 4.73. The van der Waals surface area contributed by atoms with E-state index in [-0.39, 0.29) is 0 Å². The van der Waals surface area contributed by atoms with Gasteiger partial charge in [-0.25, -0.2) is 0 Å². The maximum atomic E-state index is 3.68. The van der Waals surface area contributed by atoms with Crippen LogP contribution >= 0.6 is 15.9 Å². The number of hydrogen-bond donors (Lipinski definition) is 1. The highest BCUT2D eigenvalue weighted by atomic mass is 79.9. The van der Waals surface area contributed by atoms with Gasteiger partial charge in [-0.3, -0.25) is 0 Å². The van der Waals surface area contributed by atoms with E-state index >= 15 is 0 Å². The number of likely N-dealkylation sites (N-methyl/N-ethyl adjacent to an activating group) is 1. The van der Waals surface area contributed by atoms with Gasteiger partial charge in [-0.1, -0.05) is 22.9 Å². The Hall–Kier alpha value is -0.800. The van der Waals surface area contributed by atoms with Crippen LogP contribution in [0, 0.1) is 0 Å². The summed E-state index contributed by atoms with van der Waals surface area (Å²) in [7, 11) is 2.04. The first-order valence-corrected chi connectivity index (χ1v) is 7.99.